The second-order valence-corrected chi connectivity index (χ2v) is 9.43. The van der Waals surface area contributed by atoms with Crippen molar-refractivity contribution in [1.82, 2.24) is 9.80 Å². The first-order valence-corrected chi connectivity index (χ1v) is 12.0. The van der Waals surface area contributed by atoms with Crippen molar-refractivity contribution in [2.45, 2.75) is 70.9 Å². The van der Waals surface area contributed by atoms with E-state index in [0.717, 1.165) is 37.8 Å². The van der Waals surface area contributed by atoms with Crippen LogP contribution in [0.15, 0.2) is 18.2 Å². The number of piperidine rings is 3. The Balaban J connectivity index is 1.60. The summed E-state index contributed by atoms with van der Waals surface area (Å²) >= 11 is 0. The summed E-state index contributed by atoms with van der Waals surface area (Å²) in [6.07, 6.45) is 6.58. The molecule has 0 bridgehead atoms. The van der Waals surface area contributed by atoms with Gasteiger partial charge < -0.3 is 14.7 Å². The van der Waals surface area contributed by atoms with E-state index in [1.807, 2.05) is 24.8 Å². The van der Waals surface area contributed by atoms with Gasteiger partial charge >= 0.3 is 5.97 Å². The minimum atomic E-state index is -0.159. The number of rotatable bonds is 6. The molecule has 4 rings (SSSR count). The quantitative estimate of drug-likeness (QED) is 0.699. The van der Waals surface area contributed by atoms with Gasteiger partial charge in [-0.3, -0.25) is 14.5 Å². The van der Waals surface area contributed by atoms with Crippen molar-refractivity contribution in [3.63, 3.8) is 0 Å². The Morgan fingerprint density at radius 1 is 1.19 bits per heavy atom. The van der Waals surface area contributed by atoms with E-state index >= 15 is 0 Å². The number of aryl methyl sites for hydroxylation is 1. The highest BCUT2D eigenvalue weighted by atomic mass is 16.5. The van der Waals surface area contributed by atoms with Crippen molar-refractivity contribution in [1.29, 1.82) is 0 Å². The SMILES string of the molecule is CCOC(=O)CCCC1C2CCCN3CCCC(CN1C(=O)c1c(C)cccc1O)C23. The summed E-state index contributed by atoms with van der Waals surface area (Å²) in [6, 6.07) is 5.92. The normalized spacial score (nSPS) is 28.1. The van der Waals surface area contributed by atoms with Gasteiger partial charge in [-0.25, -0.2) is 0 Å². The molecule has 1 aromatic carbocycles. The lowest BCUT2D eigenvalue weighted by molar-refractivity contribution is -0.143. The molecule has 1 N–H and O–H groups in total. The molecule has 0 spiro atoms. The number of hydrogen-bond donors (Lipinski definition) is 1. The monoisotopic (exact) mass is 428 g/mol. The van der Waals surface area contributed by atoms with Crippen LogP contribution in [-0.2, 0) is 9.53 Å². The summed E-state index contributed by atoms with van der Waals surface area (Å²) in [5, 5.41) is 10.5. The minimum absolute atomic E-state index is 0.0575. The first kappa shape index (κ1) is 22.1. The maximum atomic E-state index is 13.7. The summed E-state index contributed by atoms with van der Waals surface area (Å²) < 4.78 is 5.11. The number of hydrogen-bond acceptors (Lipinski definition) is 5. The topological polar surface area (TPSA) is 70.1 Å². The molecular formula is C25H36N2O4. The number of amides is 1. The van der Waals surface area contributed by atoms with Crippen LogP contribution in [0.3, 0.4) is 0 Å². The van der Waals surface area contributed by atoms with Gasteiger partial charge in [0.1, 0.15) is 5.75 Å². The Morgan fingerprint density at radius 3 is 2.71 bits per heavy atom. The molecule has 1 aromatic rings. The lowest BCUT2D eigenvalue weighted by atomic mass is 9.69. The molecule has 3 heterocycles. The van der Waals surface area contributed by atoms with E-state index in [4.69, 9.17) is 4.74 Å². The standard InChI is InChI=1S/C25H36N2O4/c1-3-31-22(29)13-5-11-20-19-10-7-15-26-14-6-9-18(24(19)26)16-27(20)25(30)23-17(2)8-4-12-21(23)28/h4,8,12,18-20,24,28H,3,5-7,9-11,13-16H2,1-2H3. The predicted octanol–water partition coefficient (Wildman–Crippen LogP) is 3.75. The van der Waals surface area contributed by atoms with Gasteiger partial charge in [0.05, 0.1) is 12.2 Å². The van der Waals surface area contributed by atoms with Crippen molar-refractivity contribution in [3.8, 4) is 5.75 Å². The van der Waals surface area contributed by atoms with Gasteiger partial charge in [0, 0.05) is 25.0 Å². The third-order valence-electron chi connectivity index (χ3n) is 7.58. The Bertz CT molecular complexity index is 788. The maximum Gasteiger partial charge on any atom is 0.305 e. The largest absolute Gasteiger partial charge is 0.507 e. The van der Waals surface area contributed by atoms with Crippen LogP contribution in [0.2, 0.25) is 0 Å². The molecule has 0 radical (unpaired) electrons. The molecule has 1 amide bonds. The van der Waals surface area contributed by atoms with Crippen molar-refractivity contribution in [3.05, 3.63) is 29.3 Å². The molecule has 0 saturated carbocycles. The van der Waals surface area contributed by atoms with Crippen LogP contribution in [0.25, 0.3) is 0 Å². The molecule has 170 valence electrons. The zero-order valence-electron chi connectivity index (χ0n) is 18.9. The number of esters is 1. The van der Waals surface area contributed by atoms with E-state index in [1.165, 1.54) is 25.9 Å². The Labute approximate surface area is 185 Å². The molecule has 3 fully saturated rings. The van der Waals surface area contributed by atoms with Crippen LogP contribution in [0.4, 0.5) is 0 Å². The highest BCUT2D eigenvalue weighted by molar-refractivity contribution is 5.98. The van der Waals surface area contributed by atoms with Gasteiger partial charge in [-0.05, 0) is 88.9 Å². The fourth-order valence-corrected chi connectivity index (χ4v) is 6.36. The number of carbonyl (C=O) groups excluding carboxylic acids is 2. The fraction of sp³-hybridized carbons (Fsp3) is 0.680. The molecule has 3 aliphatic heterocycles. The number of benzene rings is 1. The molecule has 6 heteroatoms. The highest BCUT2D eigenvalue weighted by Crippen LogP contribution is 2.44. The number of phenolic OH excluding ortho intramolecular Hbond substituents is 1. The number of carbonyl (C=O) groups is 2. The third-order valence-corrected chi connectivity index (χ3v) is 7.58. The first-order valence-electron chi connectivity index (χ1n) is 12.0. The third kappa shape index (κ3) is 4.45. The van der Waals surface area contributed by atoms with Crippen LogP contribution >= 0.6 is 0 Å². The zero-order chi connectivity index (χ0) is 22.0. The van der Waals surface area contributed by atoms with Crippen LogP contribution in [0.1, 0.15) is 67.8 Å². The molecule has 4 unspecified atom stereocenters. The van der Waals surface area contributed by atoms with Crippen molar-refractivity contribution in [2.75, 3.05) is 26.2 Å². The lowest BCUT2D eigenvalue weighted by Gasteiger charge is -2.57. The molecule has 6 nitrogen and oxygen atoms in total. The van der Waals surface area contributed by atoms with Crippen molar-refractivity contribution in [2.24, 2.45) is 11.8 Å². The molecule has 3 aliphatic rings. The maximum absolute atomic E-state index is 13.7. The fourth-order valence-electron chi connectivity index (χ4n) is 6.36. The average molecular weight is 429 g/mol. The van der Waals surface area contributed by atoms with E-state index in [-0.39, 0.29) is 23.7 Å². The summed E-state index contributed by atoms with van der Waals surface area (Å²) in [5.41, 5.74) is 1.24. The second-order valence-electron chi connectivity index (χ2n) is 9.43. The van der Waals surface area contributed by atoms with Crippen LogP contribution < -0.4 is 0 Å². The Hall–Kier alpha value is -2.08. The van der Waals surface area contributed by atoms with Gasteiger partial charge in [-0.1, -0.05) is 12.1 Å². The molecule has 3 saturated heterocycles. The van der Waals surface area contributed by atoms with E-state index in [1.54, 1.807) is 12.1 Å². The van der Waals surface area contributed by atoms with Crippen molar-refractivity contribution >= 4 is 11.9 Å². The Kier molecular flexibility index (Phi) is 6.85. The molecule has 0 aliphatic carbocycles. The first-order chi connectivity index (χ1) is 15.0. The van der Waals surface area contributed by atoms with E-state index in [0.29, 0.717) is 36.5 Å². The number of nitrogens with zero attached hydrogens (tertiary/aromatic N) is 2. The second kappa shape index (κ2) is 9.60. The molecule has 0 aromatic heterocycles. The van der Waals surface area contributed by atoms with Crippen LogP contribution in [0, 0.1) is 18.8 Å². The van der Waals surface area contributed by atoms with Gasteiger partial charge in [-0.2, -0.15) is 0 Å². The van der Waals surface area contributed by atoms with Crippen LogP contribution in [-0.4, -0.2) is 65.1 Å². The summed E-state index contributed by atoms with van der Waals surface area (Å²) in [7, 11) is 0. The smallest absolute Gasteiger partial charge is 0.305 e. The molecular weight excluding hydrogens is 392 g/mol. The van der Waals surface area contributed by atoms with E-state index in [2.05, 4.69) is 4.90 Å². The van der Waals surface area contributed by atoms with Gasteiger partial charge in [0.2, 0.25) is 0 Å². The summed E-state index contributed by atoms with van der Waals surface area (Å²) in [4.78, 5) is 30.4. The number of ether oxygens (including phenoxy) is 1. The predicted molar refractivity (Wildman–Crippen MR) is 119 cm³/mol. The number of phenols is 1. The van der Waals surface area contributed by atoms with Crippen LogP contribution in [0.5, 0.6) is 5.75 Å². The van der Waals surface area contributed by atoms with E-state index < -0.39 is 0 Å². The van der Waals surface area contributed by atoms with Gasteiger partial charge in [0.15, 0.2) is 0 Å². The highest BCUT2D eigenvalue weighted by Gasteiger charge is 2.49. The minimum Gasteiger partial charge on any atom is -0.507 e. The summed E-state index contributed by atoms with van der Waals surface area (Å²) in [5.74, 6) is 0.776. The zero-order valence-corrected chi connectivity index (χ0v) is 18.9. The number of likely N-dealkylation sites (tertiary alicyclic amines) is 1. The van der Waals surface area contributed by atoms with Crippen molar-refractivity contribution < 1.29 is 19.4 Å². The average Bonchev–Trinajstić information content (AvgIpc) is 2.75. The number of aromatic hydroxyl groups is 1. The van der Waals surface area contributed by atoms with E-state index in [9.17, 15) is 14.7 Å². The van der Waals surface area contributed by atoms with Gasteiger partial charge in [0.25, 0.3) is 5.91 Å². The molecule has 4 atom stereocenters. The summed E-state index contributed by atoms with van der Waals surface area (Å²) in [6.45, 7) is 7.20. The van der Waals surface area contributed by atoms with Gasteiger partial charge in [-0.15, -0.1) is 0 Å². The lowest BCUT2D eigenvalue weighted by Crippen LogP contribution is -2.65. The molecule has 31 heavy (non-hydrogen) atoms. The Morgan fingerprint density at radius 2 is 1.97 bits per heavy atom.